The van der Waals surface area contributed by atoms with E-state index in [9.17, 15) is 4.79 Å². The maximum atomic E-state index is 12.1. The van der Waals surface area contributed by atoms with Gasteiger partial charge < -0.3 is 9.42 Å². The fraction of sp³-hybridized carbons (Fsp3) is 0.714. The van der Waals surface area contributed by atoms with Crippen LogP contribution < -0.4 is 0 Å². The van der Waals surface area contributed by atoms with E-state index in [0.29, 0.717) is 6.42 Å². The summed E-state index contributed by atoms with van der Waals surface area (Å²) in [7, 11) is 0. The van der Waals surface area contributed by atoms with Gasteiger partial charge in [0.05, 0.1) is 5.69 Å². The molecule has 4 nitrogen and oxygen atoms in total. The Morgan fingerprint density at radius 1 is 1.39 bits per heavy atom. The number of hydrogen-bond donors (Lipinski definition) is 0. The minimum absolute atomic E-state index is 0.266. The molecule has 1 saturated heterocycles. The third-order valence-corrected chi connectivity index (χ3v) is 3.91. The second-order valence-corrected chi connectivity index (χ2v) is 5.37. The Hall–Kier alpha value is -1.32. The molecule has 0 aliphatic carbocycles. The van der Waals surface area contributed by atoms with Crippen molar-refractivity contribution in [2.24, 2.45) is 5.92 Å². The van der Waals surface area contributed by atoms with Crippen LogP contribution in [0.5, 0.6) is 0 Å². The second-order valence-electron chi connectivity index (χ2n) is 5.37. The Morgan fingerprint density at radius 3 is 2.61 bits per heavy atom. The average Bonchev–Trinajstić information content (AvgIpc) is 2.67. The van der Waals surface area contributed by atoms with E-state index in [2.05, 4.69) is 12.1 Å². The molecule has 1 aromatic heterocycles. The van der Waals surface area contributed by atoms with Crippen molar-refractivity contribution in [2.75, 3.05) is 13.1 Å². The first-order valence-corrected chi connectivity index (χ1v) is 6.77. The first kappa shape index (κ1) is 13.1. The van der Waals surface area contributed by atoms with Crippen molar-refractivity contribution in [1.82, 2.24) is 10.1 Å². The molecular weight excluding hydrogens is 228 g/mol. The van der Waals surface area contributed by atoms with E-state index in [1.54, 1.807) is 0 Å². The van der Waals surface area contributed by atoms with E-state index < -0.39 is 0 Å². The van der Waals surface area contributed by atoms with Gasteiger partial charge in [0.1, 0.15) is 5.76 Å². The van der Waals surface area contributed by atoms with Gasteiger partial charge in [-0.25, -0.2) is 0 Å². The van der Waals surface area contributed by atoms with Crippen molar-refractivity contribution >= 4 is 5.91 Å². The first-order chi connectivity index (χ1) is 8.58. The Labute approximate surface area is 108 Å². The standard InChI is InChI=1S/C14H22N2O2/c1-10-6-8-16(9-7-10)14(17)5-4-13-11(2)15-18-12(13)3/h10H,4-9H2,1-3H3. The van der Waals surface area contributed by atoms with E-state index in [1.165, 1.54) is 0 Å². The number of aryl methyl sites for hydroxylation is 2. The number of carbonyl (C=O) groups excluding carboxylic acids is 1. The van der Waals surface area contributed by atoms with Crippen molar-refractivity contribution < 1.29 is 9.32 Å². The molecule has 0 saturated carbocycles. The van der Waals surface area contributed by atoms with Crippen molar-refractivity contribution in [2.45, 2.75) is 46.5 Å². The predicted octanol–water partition coefficient (Wildman–Crippen LogP) is 2.48. The van der Waals surface area contributed by atoms with Crippen molar-refractivity contribution in [3.05, 3.63) is 17.0 Å². The summed E-state index contributed by atoms with van der Waals surface area (Å²) >= 11 is 0. The normalized spacial score (nSPS) is 17.2. The van der Waals surface area contributed by atoms with E-state index >= 15 is 0 Å². The molecule has 0 aromatic carbocycles. The molecule has 0 N–H and O–H groups in total. The smallest absolute Gasteiger partial charge is 0.222 e. The monoisotopic (exact) mass is 250 g/mol. The van der Waals surface area contributed by atoms with Crippen molar-refractivity contribution in [3.63, 3.8) is 0 Å². The first-order valence-electron chi connectivity index (χ1n) is 6.77. The maximum Gasteiger partial charge on any atom is 0.222 e. The highest BCUT2D eigenvalue weighted by atomic mass is 16.5. The highest BCUT2D eigenvalue weighted by Crippen LogP contribution is 2.19. The van der Waals surface area contributed by atoms with Gasteiger partial charge in [-0.15, -0.1) is 0 Å². The fourth-order valence-electron chi connectivity index (χ4n) is 2.51. The molecule has 4 heteroatoms. The molecule has 1 fully saturated rings. The van der Waals surface area contributed by atoms with E-state index in [1.807, 2.05) is 18.7 Å². The van der Waals surface area contributed by atoms with Gasteiger partial charge in [0.25, 0.3) is 0 Å². The van der Waals surface area contributed by atoms with Crippen LogP contribution in [0.2, 0.25) is 0 Å². The SMILES string of the molecule is Cc1noc(C)c1CCC(=O)N1CCC(C)CC1. The number of aromatic nitrogens is 1. The summed E-state index contributed by atoms with van der Waals surface area (Å²) in [6, 6.07) is 0. The number of hydrogen-bond acceptors (Lipinski definition) is 3. The highest BCUT2D eigenvalue weighted by Gasteiger charge is 2.20. The maximum absolute atomic E-state index is 12.1. The zero-order valence-electron chi connectivity index (χ0n) is 11.5. The lowest BCUT2D eigenvalue weighted by Gasteiger charge is -2.30. The van der Waals surface area contributed by atoms with Crippen LogP contribution in [-0.2, 0) is 11.2 Å². The summed E-state index contributed by atoms with van der Waals surface area (Å²) in [4.78, 5) is 14.1. The van der Waals surface area contributed by atoms with Gasteiger partial charge in [-0.1, -0.05) is 12.1 Å². The molecular formula is C14H22N2O2. The quantitative estimate of drug-likeness (QED) is 0.828. The summed E-state index contributed by atoms with van der Waals surface area (Å²) in [5, 5.41) is 3.92. The van der Waals surface area contributed by atoms with Crippen LogP contribution in [0.1, 0.15) is 43.2 Å². The van der Waals surface area contributed by atoms with E-state index in [4.69, 9.17) is 4.52 Å². The number of nitrogens with zero attached hydrogens (tertiary/aromatic N) is 2. The molecule has 2 rings (SSSR count). The van der Waals surface area contributed by atoms with Crippen molar-refractivity contribution in [1.29, 1.82) is 0 Å². The molecule has 1 aliphatic heterocycles. The Bertz CT molecular complexity index is 398. The van der Waals surface area contributed by atoms with Crippen LogP contribution in [0.4, 0.5) is 0 Å². The van der Waals surface area contributed by atoms with Crippen LogP contribution in [-0.4, -0.2) is 29.1 Å². The molecule has 0 atom stereocenters. The number of piperidine rings is 1. The number of amides is 1. The lowest BCUT2D eigenvalue weighted by atomic mass is 9.98. The summed E-state index contributed by atoms with van der Waals surface area (Å²) in [5.74, 6) is 1.87. The molecule has 18 heavy (non-hydrogen) atoms. The van der Waals surface area contributed by atoms with Gasteiger partial charge >= 0.3 is 0 Å². The number of rotatable bonds is 3. The Balaban J connectivity index is 1.85. The van der Waals surface area contributed by atoms with Crippen LogP contribution in [0, 0.1) is 19.8 Å². The number of likely N-dealkylation sites (tertiary alicyclic amines) is 1. The topological polar surface area (TPSA) is 46.3 Å². The Morgan fingerprint density at radius 2 is 2.06 bits per heavy atom. The molecule has 0 bridgehead atoms. The largest absolute Gasteiger partial charge is 0.361 e. The molecule has 1 aromatic rings. The molecule has 0 unspecified atom stereocenters. The van der Waals surface area contributed by atoms with Gasteiger partial charge in [0, 0.05) is 25.1 Å². The van der Waals surface area contributed by atoms with Gasteiger partial charge in [-0.3, -0.25) is 4.79 Å². The summed E-state index contributed by atoms with van der Waals surface area (Å²) < 4.78 is 5.11. The second kappa shape index (κ2) is 5.55. The summed E-state index contributed by atoms with van der Waals surface area (Å²) in [6.07, 6.45) is 3.58. The van der Waals surface area contributed by atoms with Gasteiger partial charge in [-0.2, -0.15) is 0 Å². The van der Waals surface area contributed by atoms with Crippen LogP contribution in [0.25, 0.3) is 0 Å². The molecule has 100 valence electrons. The zero-order valence-corrected chi connectivity index (χ0v) is 11.5. The minimum atomic E-state index is 0.266. The third-order valence-electron chi connectivity index (χ3n) is 3.91. The van der Waals surface area contributed by atoms with Crippen LogP contribution in [0.3, 0.4) is 0 Å². The highest BCUT2D eigenvalue weighted by molar-refractivity contribution is 5.76. The van der Waals surface area contributed by atoms with Gasteiger partial charge in [0.2, 0.25) is 5.91 Å². The zero-order chi connectivity index (χ0) is 13.1. The van der Waals surface area contributed by atoms with E-state index in [-0.39, 0.29) is 5.91 Å². The summed E-state index contributed by atoms with van der Waals surface area (Å²) in [5.41, 5.74) is 2.00. The number of carbonyl (C=O) groups is 1. The van der Waals surface area contributed by atoms with Gasteiger partial charge in [-0.05, 0) is 39.0 Å². The van der Waals surface area contributed by atoms with Gasteiger partial charge in [0.15, 0.2) is 0 Å². The van der Waals surface area contributed by atoms with Crippen LogP contribution in [0.15, 0.2) is 4.52 Å². The molecule has 1 aliphatic rings. The van der Waals surface area contributed by atoms with E-state index in [0.717, 1.165) is 55.3 Å². The fourth-order valence-corrected chi connectivity index (χ4v) is 2.51. The lowest BCUT2D eigenvalue weighted by Crippen LogP contribution is -2.38. The molecule has 1 amide bonds. The van der Waals surface area contributed by atoms with Crippen molar-refractivity contribution in [3.8, 4) is 0 Å². The molecule has 0 spiro atoms. The third kappa shape index (κ3) is 2.92. The van der Waals surface area contributed by atoms with Crippen LogP contribution >= 0.6 is 0 Å². The summed E-state index contributed by atoms with van der Waals surface area (Å²) in [6.45, 7) is 7.93. The molecule has 0 radical (unpaired) electrons. The molecule has 2 heterocycles. The Kier molecular flexibility index (Phi) is 4.04. The average molecular weight is 250 g/mol. The minimum Gasteiger partial charge on any atom is -0.361 e. The predicted molar refractivity (Wildman–Crippen MR) is 69.3 cm³/mol. The lowest BCUT2D eigenvalue weighted by molar-refractivity contribution is -0.132.